The normalized spacial score (nSPS) is 10.6. The van der Waals surface area contributed by atoms with Gasteiger partial charge in [0.2, 0.25) is 0 Å². The van der Waals surface area contributed by atoms with Crippen molar-refractivity contribution in [3.63, 3.8) is 0 Å². The number of aromatic amines is 1. The second-order valence-corrected chi connectivity index (χ2v) is 8.36. The van der Waals surface area contributed by atoms with Crippen LogP contribution in [0.15, 0.2) is 42.5 Å². The summed E-state index contributed by atoms with van der Waals surface area (Å²) in [4.78, 5) is 30.8. The van der Waals surface area contributed by atoms with Gasteiger partial charge in [0.1, 0.15) is 11.5 Å². The Balaban J connectivity index is 1.92. The SMILES string of the molecule is CCOC(=O)c1c(C)[nH]c(CN(Cc2ccc(OC)cc2)C(=O)Nc2cc(Cl)ccc2OC)c1C. The molecule has 0 aliphatic carbocycles. The number of anilines is 1. The molecule has 0 radical (unpaired) electrons. The van der Waals surface area contributed by atoms with E-state index in [0.717, 1.165) is 22.6 Å². The predicted molar refractivity (Wildman–Crippen MR) is 135 cm³/mol. The predicted octanol–water partition coefficient (Wildman–Crippen LogP) is 5.71. The molecule has 2 N–H and O–H groups in total. The van der Waals surface area contributed by atoms with Gasteiger partial charge in [0, 0.05) is 23.0 Å². The van der Waals surface area contributed by atoms with Crippen LogP contribution < -0.4 is 14.8 Å². The number of methoxy groups -OCH3 is 2. The minimum atomic E-state index is -0.389. The van der Waals surface area contributed by atoms with Gasteiger partial charge < -0.3 is 29.4 Å². The van der Waals surface area contributed by atoms with E-state index in [4.69, 9.17) is 25.8 Å². The summed E-state index contributed by atoms with van der Waals surface area (Å²) >= 11 is 6.14. The largest absolute Gasteiger partial charge is 0.497 e. The van der Waals surface area contributed by atoms with Gasteiger partial charge in [0.05, 0.1) is 38.6 Å². The van der Waals surface area contributed by atoms with Gasteiger partial charge in [-0.3, -0.25) is 0 Å². The summed E-state index contributed by atoms with van der Waals surface area (Å²) in [7, 11) is 3.13. The van der Waals surface area contributed by atoms with Crippen molar-refractivity contribution >= 4 is 29.3 Å². The summed E-state index contributed by atoms with van der Waals surface area (Å²) in [6.07, 6.45) is 0. The van der Waals surface area contributed by atoms with E-state index in [0.29, 0.717) is 34.3 Å². The zero-order chi connectivity index (χ0) is 25.5. The molecule has 8 nitrogen and oxygen atoms in total. The molecule has 3 rings (SSSR count). The van der Waals surface area contributed by atoms with Crippen molar-refractivity contribution in [1.82, 2.24) is 9.88 Å². The molecule has 0 saturated heterocycles. The van der Waals surface area contributed by atoms with Gasteiger partial charge >= 0.3 is 12.0 Å². The second-order valence-electron chi connectivity index (χ2n) is 7.93. The van der Waals surface area contributed by atoms with Crippen molar-refractivity contribution < 1.29 is 23.8 Å². The lowest BCUT2D eigenvalue weighted by atomic mass is 10.1. The first kappa shape index (κ1) is 26.0. The zero-order valence-electron chi connectivity index (χ0n) is 20.5. The zero-order valence-corrected chi connectivity index (χ0v) is 21.3. The highest BCUT2D eigenvalue weighted by Gasteiger charge is 2.23. The summed E-state index contributed by atoms with van der Waals surface area (Å²) in [6, 6.07) is 12.1. The molecule has 0 spiro atoms. The van der Waals surface area contributed by atoms with Crippen LogP contribution in [0.1, 0.15) is 39.8 Å². The molecule has 0 saturated carbocycles. The van der Waals surface area contributed by atoms with Crippen molar-refractivity contribution in [3.8, 4) is 11.5 Å². The summed E-state index contributed by atoms with van der Waals surface area (Å²) in [5.41, 5.74) is 4.03. The van der Waals surface area contributed by atoms with Gasteiger partial charge in [-0.2, -0.15) is 0 Å². The number of amides is 2. The molecule has 3 aromatic rings. The van der Waals surface area contributed by atoms with Crippen molar-refractivity contribution in [3.05, 3.63) is 75.6 Å². The van der Waals surface area contributed by atoms with Crippen LogP contribution >= 0.6 is 11.6 Å². The average Bonchev–Trinajstić information content (AvgIpc) is 3.12. The van der Waals surface area contributed by atoms with Crippen LogP contribution in [0.3, 0.4) is 0 Å². The fourth-order valence-corrected chi connectivity index (χ4v) is 3.97. The molecule has 186 valence electrons. The second kappa shape index (κ2) is 11.7. The Morgan fingerprint density at radius 1 is 1.03 bits per heavy atom. The number of H-pyrrole nitrogens is 1. The molecule has 0 aliphatic rings. The van der Waals surface area contributed by atoms with Crippen LogP contribution in [0.25, 0.3) is 0 Å². The highest BCUT2D eigenvalue weighted by atomic mass is 35.5. The van der Waals surface area contributed by atoms with E-state index in [2.05, 4.69) is 10.3 Å². The fourth-order valence-electron chi connectivity index (χ4n) is 3.80. The molecule has 0 unspecified atom stereocenters. The maximum atomic E-state index is 13.4. The smallest absolute Gasteiger partial charge is 0.340 e. The van der Waals surface area contributed by atoms with Crippen molar-refractivity contribution in [2.24, 2.45) is 0 Å². The van der Waals surface area contributed by atoms with Crippen molar-refractivity contribution in [2.45, 2.75) is 33.9 Å². The van der Waals surface area contributed by atoms with Crippen molar-refractivity contribution in [1.29, 1.82) is 0 Å². The highest BCUT2D eigenvalue weighted by Crippen LogP contribution is 2.29. The number of nitrogens with one attached hydrogen (secondary N) is 2. The standard InChI is InChI=1S/C26H30ClN3O5/c1-6-35-25(31)24-16(2)22(28-17(24)3)15-30(14-18-7-10-20(33-4)11-8-18)26(32)29-21-13-19(27)9-12-23(21)34-5/h7-13,28H,6,14-15H2,1-5H3,(H,29,32). The molecule has 2 aromatic carbocycles. The minimum Gasteiger partial charge on any atom is -0.497 e. The van der Waals surface area contributed by atoms with E-state index in [-0.39, 0.29) is 25.2 Å². The molecule has 0 bridgehead atoms. The Morgan fingerprint density at radius 2 is 1.74 bits per heavy atom. The van der Waals surface area contributed by atoms with Crippen LogP contribution in [-0.4, -0.2) is 42.7 Å². The lowest BCUT2D eigenvalue weighted by Gasteiger charge is -2.24. The molecule has 0 fully saturated rings. The number of urea groups is 1. The third kappa shape index (κ3) is 6.27. The Hall–Kier alpha value is -3.65. The van der Waals surface area contributed by atoms with Gasteiger partial charge in [-0.1, -0.05) is 23.7 Å². The summed E-state index contributed by atoms with van der Waals surface area (Å²) in [5.74, 6) is 0.826. The van der Waals surface area contributed by atoms with Gasteiger partial charge in [0.15, 0.2) is 0 Å². The molecular weight excluding hydrogens is 470 g/mol. The van der Waals surface area contributed by atoms with Gasteiger partial charge in [-0.05, 0) is 62.2 Å². The highest BCUT2D eigenvalue weighted by molar-refractivity contribution is 6.31. The molecular formula is C26H30ClN3O5. The molecule has 35 heavy (non-hydrogen) atoms. The van der Waals surface area contributed by atoms with Gasteiger partial charge in [-0.15, -0.1) is 0 Å². The van der Waals surface area contributed by atoms with Gasteiger partial charge in [-0.25, -0.2) is 9.59 Å². The first-order chi connectivity index (χ1) is 16.8. The maximum absolute atomic E-state index is 13.4. The number of benzene rings is 2. The first-order valence-corrected chi connectivity index (χ1v) is 11.5. The number of ether oxygens (including phenoxy) is 3. The van der Waals surface area contributed by atoms with E-state index in [9.17, 15) is 9.59 Å². The van der Waals surface area contributed by atoms with Crippen LogP contribution in [-0.2, 0) is 17.8 Å². The van der Waals surface area contributed by atoms with E-state index in [1.165, 1.54) is 7.11 Å². The third-order valence-corrected chi connectivity index (χ3v) is 5.83. The number of rotatable bonds is 9. The number of aryl methyl sites for hydroxylation is 1. The van der Waals surface area contributed by atoms with Crippen LogP contribution in [0, 0.1) is 13.8 Å². The number of nitrogens with zero attached hydrogens (tertiary/aromatic N) is 1. The third-order valence-electron chi connectivity index (χ3n) is 5.59. The van der Waals surface area contributed by atoms with Crippen LogP contribution in [0.4, 0.5) is 10.5 Å². The van der Waals surface area contributed by atoms with E-state index in [1.54, 1.807) is 37.1 Å². The fraction of sp³-hybridized carbons (Fsp3) is 0.308. The lowest BCUT2D eigenvalue weighted by molar-refractivity contribution is 0.0525. The van der Waals surface area contributed by atoms with E-state index >= 15 is 0 Å². The lowest BCUT2D eigenvalue weighted by Crippen LogP contribution is -2.34. The molecule has 9 heteroatoms. The number of carbonyl (C=O) groups is 2. The summed E-state index contributed by atoms with van der Waals surface area (Å²) in [5, 5.41) is 3.37. The number of halogens is 1. The maximum Gasteiger partial charge on any atom is 0.340 e. The van der Waals surface area contributed by atoms with Crippen molar-refractivity contribution in [2.75, 3.05) is 26.1 Å². The van der Waals surface area contributed by atoms with Crippen LogP contribution in [0.5, 0.6) is 11.5 Å². The quantitative estimate of drug-likeness (QED) is 0.368. The average molecular weight is 500 g/mol. The van der Waals surface area contributed by atoms with Gasteiger partial charge in [0.25, 0.3) is 0 Å². The number of carbonyl (C=O) groups excluding carboxylic acids is 2. The number of hydrogen-bond donors (Lipinski definition) is 2. The topological polar surface area (TPSA) is 92.9 Å². The Bertz CT molecular complexity index is 1190. The number of esters is 1. The minimum absolute atomic E-state index is 0.229. The summed E-state index contributed by atoms with van der Waals surface area (Å²) in [6.45, 7) is 6.24. The molecule has 1 heterocycles. The van der Waals surface area contributed by atoms with E-state index in [1.807, 2.05) is 38.1 Å². The number of hydrogen-bond acceptors (Lipinski definition) is 5. The Kier molecular flexibility index (Phi) is 8.65. The Morgan fingerprint density at radius 3 is 2.37 bits per heavy atom. The molecule has 0 atom stereocenters. The number of aromatic nitrogens is 1. The molecule has 2 amide bonds. The molecule has 1 aromatic heterocycles. The van der Waals surface area contributed by atoms with E-state index < -0.39 is 0 Å². The molecule has 0 aliphatic heterocycles. The van der Waals surface area contributed by atoms with Crippen LogP contribution in [0.2, 0.25) is 5.02 Å². The monoisotopic (exact) mass is 499 g/mol. The first-order valence-electron chi connectivity index (χ1n) is 11.1. The Labute approximate surface area is 210 Å². The summed E-state index contributed by atoms with van der Waals surface area (Å²) < 4.78 is 15.8.